The average Bonchev–Trinajstić information content (AvgIpc) is 2.97. The Kier molecular flexibility index (Phi) is 4.18. The first-order valence-electron chi connectivity index (χ1n) is 7.79. The van der Waals surface area contributed by atoms with E-state index in [2.05, 4.69) is 41.4 Å². The average molecular weight is 295 g/mol. The van der Waals surface area contributed by atoms with E-state index in [1.165, 1.54) is 11.1 Å². The van der Waals surface area contributed by atoms with E-state index in [0.717, 1.165) is 31.5 Å². The lowest BCUT2D eigenvalue weighted by atomic mass is 10.0. The Morgan fingerprint density at radius 3 is 2.77 bits per heavy atom. The number of hydrogen-bond acceptors (Lipinski definition) is 3. The molecule has 1 fully saturated rings. The molecule has 0 unspecified atom stereocenters. The van der Waals surface area contributed by atoms with Crippen molar-refractivity contribution in [2.75, 3.05) is 6.54 Å². The van der Waals surface area contributed by atoms with Crippen LogP contribution in [0.1, 0.15) is 40.0 Å². The third-order valence-corrected chi connectivity index (χ3v) is 4.25. The van der Waals surface area contributed by atoms with Crippen molar-refractivity contribution in [3.63, 3.8) is 0 Å². The lowest BCUT2D eigenvalue weighted by Gasteiger charge is -2.25. The lowest BCUT2D eigenvalue weighted by Crippen LogP contribution is -2.37. The number of aryl methyl sites for hydroxylation is 2. The van der Waals surface area contributed by atoms with Crippen molar-refractivity contribution in [1.82, 2.24) is 15.1 Å². The van der Waals surface area contributed by atoms with Crippen LogP contribution in [0.2, 0.25) is 0 Å². The zero-order valence-corrected chi connectivity index (χ0v) is 13.1. The fourth-order valence-electron chi connectivity index (χ4n) is 3.07. The van der Waals surface area contributed by atoms with Gasteiger partial charge in [-0.25, -0.2) is 0 Å². The first kappa shape index (κ1) is 14.7. The molecule has 1 atom stereocenters. The highest BCUT2D eigenvalue weighted by molar-refractivity contribution is 5.94. The predicted molar refractivity (Wildman–Crippen MR) is 85.7 cm³/mol. The molecule has 1 aromatic carbocycles. The largest absolute Gasteiger partial charge is 0.335 e. The van der Waals surface area contributed by atoms with Crippen LogP contribution in [0.15, 0.2) is 36.5 Å². The Balaban J connectivity index is 1.75. The monoisotopic (exact) mass is 295 g/mol. The number of likely N-dealkylation sites (tertiary alicyclic amines) is 1. The number of amides is 1. The number of rotatable bonds is 3. The minimum absolute atomic E-state index is 0.0765. The minimum Gasteiger partial charge on any atom is -0.335 e. The third kappa shape index (κ3) is 3.16. The molecular weight excluding hydrogens is 274 g/mol. The van der Waals surface area contributed by atoms with Gasteiger partial charge in [0.05, 0.1) is 17.5 Å². The van der Waals surface area contributed by atoms with E-state index in [1.54, 1.807) is 6.20 Å². The summed E-state index contributed by atoms with van der Waals surface area (Å²) < 4.78 is 0. The van der Waals surface area contributed by atoms with Crippen molar-refractivity contribution in [3.8, 4) is 0 Å². The van der Waals surface area contributed by atoms with Gasteiger partial charge in [0, 0.05) is 12.6 Å². The SMILES string of the molecule is Cc1ccc(C[C@H]2CCCN2C(=O)c2cnnc(C)c2)cc1. The van der Waals surface area contributed by atoms with Crippen LogP contribution in [0.4, 0.5) is 0 Å². The molecule has 1 aliphatic heterocycles. The van der Waals surface area contributed by atoms with Gasteiger partial charge in [0.1, 0.15) is 0 Å². The van der Waals surface area contributed by atoms with Crippen LogP contribution < -0.4 is 0 Å². The summed E-state index contributed by atoms with van der Waals surface area (Å²) in [5.41, 5.74) is 3.98. The van der Waals surface area contributed by atoms with E-state index in [0.29, 0.717) is 5.56 Å². The first-order chi connectivity index (χ1) is 10.6. The first-order valence-corrected chi connectivity index (χ1v) is 7.79. The summed E-state index contributed by atoms with van der Waals surface area (Å²) >= 11 is 0. The molecule has 0 N–H and O–H groups in total. The maximum atomic E-state index is 12.7. The van der Waals surface area contributed by atoms with Crippen molar-refractivity contribution in [1.29, 1.82) is 0 Å². The Morgan fingerprint density at radius 2 is 2.05 bits per heavy atom. The molecule has 0 radical (unpaired) electrons. The summed E-state index contributed by atoms with van der Waals surface area (Å²) in [4.78, 5) is 14.7. The van der Waals surface area contributed by atoms with Gasteiger partial charge in [-0.15, -0.1) is 0 Å². The van der Waals surface area contributed by atoms with E-state index in [4.69, 9.17) is 0 Å². The van der Waals surface area contributed by atoms with Crippen LogP contribution >= 0.6 is 0 Å². The molecule has 2 heterocycles. The minimum atomic E-state index is 0.0765. The fourth-order valence-corrected chi connectivity index (χ4v) is 3.07. The Labute approximate surface area is 131 Å². The Hall–Kier alpha value is -2.23. The smallest absolute Gasteiger partial charge is 0.255 e. The molecule has 1 amide bonds. The summed E-state index contributed by atoms with van der Waals surface area (Å²) in [6.45, 7) is 4.78. The molecule has 1 aromatic heterocycles. The normalized spacial score (nSPS) is 17.7. The second kappa shape index (κ2) is 6.26. The number of carbonyl (C=O) groups excluding carboxylic acids is 1. The van der Waals surface area contributed by atoms with Crippen molar-refractivity contribution in [3.05, 3.63) is 58.9 Å². The van der Waals surface area contributed by atoms with E-state index in [-0.39, 0.29) is 11.9 Å². The third-order valence-electron chi connectivity index (χ3n) is 4.25. The highest BCUT2D eigenvalue weighted by atomic mass is 16.2. The highest BCUT2D eigenvalue weighted by Gasteiger charge is 2.29. The topological polar surface area (TPSA) is 46.1 Å². The van der Waals surface area contributed by atoms with Gasteiger partial charge in [0.25, 0.3) is 5.91 Å². The number of hydrogen-bond donors (Lipinski definition) is 0. The maximum absolute atomic E-state index is 12.7. The molecule has 0 aliphatic carbocycles. The second-order valence-electron chi connectivity index (χ2n) is 6.07. The zero-order valence-electron chi connectivity index (χ0n) is 13.1. The van der Waals surface area contributed by atoms with E-state index >= 15 is 0 Å². The van der Waals surface area contributed by atoms with Crippen LogP contribution in [-0.2, 0) is 6.42 Å². The maximum Gasteiger partial charge on any atom is 0.255 e. The van der Waals surface area contributed by atoms with Crippen LogP contribution in [0.3, 0.4) is 0 Å². The molecule has 1 saturated heterocycles. The Bertz CT molecular complexity index is 666. The van der Waals surface area contributed by atoms with Gasteiger partial charge in [-0.2, -0.15) is 10.2 Å². The van der Waals surface area contributed by atoms with Gasteiger partial charge in [-0.3, -0.25) is 4.79 Å². The Morgan fingerprint density at radius 1 is 1.27 bits per heavy atom. The fraction of sp³-hybridized carbons (Fsp3) is 0.389. The van der Waals surface area contributed by atoms with Gasteiger partial charge in [0.2, 0.25) is 0 Å². The molecule has 22 heavy (non-hydrogen) atoms. The quantitative estimate of drug-likeness (QED) is 0.874. The second-order valence-corrected chi connectivity index (χ2v) is 6.07. The van der Waals surface area contributed by atoms with Crippen LogP contribution in [0.5, 0.6) is 0 Å². The molecule has 0 saturated carbocycles. The number of carbonyl (C=O) groups is 1. The molecule has 0 bridgehead atoms. The van der Waals surface area contributed by atoms with Gasteiger partial charge in [-0.1, -0.05) is 29.8 Å². The van der Waals surface area contributed by atoms with E-state index in [9.17, 15) is 4.79 Å². The van der Waals surface area contributed by atoms with Crippen molar-refractivity contribution in [2.24, 2.45) is 0 Å². The molecule has 114 valence electrons. The standard InChI is InChI=1S/C18H21N3O/c1-13-5-7-15(8-6-13)11-17-4-3-9-21(17)18(22)16-10-14(2)20-19-12-16/h5-8,10,12,17H,3-4,9,11H2,1-2H3/t17-/m1/s1. The van der Waals surface area contributed by atoms with Crippen molar-refractivity contribution >= 4 is 5.91 Å². The van der Waals surface area contributed by atoms with Crippen molar-refractivity contribution in [2.45, 2.75) is 39.2 Å². The van der Waals surface area contributed by atoms with Gasteiger partial charge < -0.3 is 4.90 Å². The van der Waals surface area contributed by atoms with Crippen LogP contribution in [-0.4, -0.2) is 33.6 Å². The summed E-state index contributed by atoms with van der Waals surface area (Å²) in [5, 5.41) is 7.82. The predicted octanol–water partition coefficient (Wildman–Crippen LogP) is 2.94. The molecule has 3 rings (SSSR count). The lowest BCUT2D eigenvalue weighted by molar-refractivity contribution is 0.0735. The number of benzene rings is 1. The van der Waals surface area contributed by atoms with Gasteiger partial charge in [-0.05, 0) is 44.7 Å². The molecule has 4 heteroatoms. The molecule has 0 spiro atoms. The number of nitrogens with zero attached hydrogens (tertiary/aromatic N) is 3. The van der Waals surface area contributed by atoms with E-state index < -0.39 is 0 Å². The molecule has 1 aliphatic rings. The number of aromatic nitrogens is 2. The van der Waals surface area contributed by atoms with Crippen LogP contribution in [0, 0.1) is 13.8 Å². The van der Waals surface area contributed by atoms with E-state index in [1.807, 2.05) is 17.9 Å². The van der Waals surface area contributed by atoms with Gasteiger partial charge >= 0.3 is 0 Å². The molecular formula is C18H21N3O. The summed E-state index contributed by atoms with van der Waals surface area (Å²) in [6, 6.07) is 10.7. The zero-order chi connectivity index (χ0) is 15.5. The van der Waals surface area contributed by atoms with Gasteiger partial charge in [0.15, 0.2) is 0 Å². The summed E-state index contributed by atoms with van der Waals surface area (Å²) in [7, 11) is 0. The highest BCUT2D eigenvalue weighted by Crippen LogP contribution is 2.23. The van der Waals surface area contributed by atoms with Crippen LogP contribution in [0.25, 0.3) is 0 Å². The molecule has 2 aromatic rings. The summed E-state index contributed by atoms with van der Waals surface area (Å²) in [5.74, 6) is 0.0765. The summed E-state index contributed by atoms with van der Waals surface area (Å²) in [6.07, 6.45) is 4.62. The molecule has 4 nitrogen and oxygen atoms in total. The van der Waals surface area contributed by atoms with Crippen molar-refractivity contribution < 1.29 is 4.79 Å².